The molecule has 0 N–H and O–H groups in total. The van der Waals surface area contributed by atoms with E-state index in [1.165, 1.54) is 0 Å². The topological polar surface area (TPSA) is 26.3 Å². The zero-order valence-corrected chi connectivity index (χ0v) is 9.45. The molecule has 18 heavy (non-hydrogen) atoms. The molecule has 0 spiro atoms. The third-order valence-corrected chi connectivity index (χ3v) is 2.10. The Hall–Kier alpha value is -1.02. The summed E-state index contributed by atoms with van der Waals surface area (Å²) in [6, 6.07) is 0. The van der Waals surface area contributed by atoms with E-state index in [-0.39, 0.29) is 0 Å². The van der Waals surface area contributed by atoms with E-state index in [1.54, 1.807) is 0 Å². The first-order valence-electron chi connectivity index (χ1n) is 4.77. The molecule has 0 aromatic carbocycles. The smallest absolute Gasteiger partial charge is 0.431 e. The van der Waals surface area contributed by atoms with Crippen LogP contribution in [-0.4, -0.2) is 30.6 Å². The Bertz CT molecular complexity index is 280. The molecular weight excluding hydrogens is 273 g/mol. The first-order chi connectivity index (χ1) is 7.81. The summed E-state index contributed by atoms with van der Waals surface area (Å²) in [6.07, 6.45) is -14.0. The Labute approximate surface area is 98.1 Å². The molecule has 0 saturated carbocycles. The fourth-order valence-electron chi connectivity index (χ4n) is 1.19. The highest BCUT2D eigenvalue weighted by molar-refractivity contribution is 5.65. The molecule has 0 aromatic rings. The number of hydrogen-bond acceptors (Lipinski definition) is 2. The summed E-state index contributed by atoms with van der Waals surface area (Å²) in [4.78, 5) is 10.3. The highest BCUT2D eigenvalue weighted by Gasteiger charge is 2.72. The molecule has 0 aromatic heterocycles. The average Bonchev–Trinajstić information content (AvgIpc) is 2.10. The van der Waals surface area contributed by atoms with Crippen LogP contribution in [0, 0.1) is 5.92 Å². The van der Waals surface area contributed by atoms with Crippen molar-refractivity contribution in [1.82, 2.24) is 0 Å². The Balaban J connectivity index is 4.89. The van der Waals surface area contributed by atoms with Gasteiger partial charge in [-0.05, 0) is 5.92 Å². The summed E-state index contributed by atoms with van der Waals surface area (Å²) in [6.45, 7) is 1.14. The predicted molar refractivity (Wildman–Crippen MR) is 46.4 cm³/mol. The minimum absolute atomic E-state index is 0.715. The Morgan fingerprint density at radius 2 is 1.44 bits per heavy atom. The third kappa shape index (κ3) is 4.02. The zero-order chi connectivity index (χ0) is 14.8. The van der Waals surface area contributed by atoms with Crippen LogP contribution in [-0.2, 0) is 9.53 Å². The van der Waals surface area contributed by atoms with E-state index < -0.39 is 42.9 Å². The van der Waals surface area contributed by atoms with Crippen LogP contribution in [0.25, 0.3) is 0 Å². The second-order valence-corrected chi connectivity index (χ2v) is 3.91. The largest absolute Gasteiger partial charge is 0.466 e. The predicted octanol–water partition coefficient (Wildman–Crippen LogP) is 3.41. The molecule has 0 bridgehead atoms. The molecule has 0 radical (unpaired) electrons. The third-order valence-electron chi connectivity index (χ3n) is 2.10. The number of halogens is 7. The fraction of sp³-hybridized carbons (Fsp3) is 0.889. The first-order valence-corrected chi connectivity index (χ1v) is 4.77. The van der Waals surface area contributed by atoms with Gasteiger partial charge in [-0.2, -0.15) is 26.3 Å². The number of carbonyl (C=O) groups excluding carboxylic acids is 1. The van der Waals surface area contributed by atoms with E-state index in [0.29, 0.717) is 0 Å². The second kappa shape index (κ2) is 5.31. The standard InChI is InChI=1S/C9H11F7O2/c1-5(4-18-6(2)17)3-7(10,8(11,12)13)9(14,15)16/h5H,3-4H2,1-2H3. The molecule has 0 fully saturated rings. The highest BCUT2D eigenvalue weighted by atomic mass is 19.4. The number of carbonyl (C=O) groups is 1. The molecule has 0 aliphatic carbocycles. The van der Waals surface area contributed by atoms with Gasteiger partial charge in [0, 0.05) is 13.3 Å². The van der Waals surface area contributed by atoms with Gasteiger partial charge in [0.05, 0.1) is 6.61 Å². The Morgan fingerprint density at radius 3 is 1.72 bits per heavy atom. The van der Waals surface area contributed by atoms with Gasteiger partial charge in [0.1, 0.15) is 0 Å². The molecule has 1 unspecified atom stereocenters. The van der Waals surface area contributed by atoms with Crippen LogP contribution in [0.5, 0.6) is 0 Å². The number of rotatable bonds is 4. The van der Waals surface area contributed by atoms with Crippen LogP contribution >= 0.6 is 0 Å². The summed E-state index contributed by atoms with van der Waals surface area (Å²) >= 11 is 0. The molecule has 9 heteroatoms. The van der Waals surface area contributed by atoms with Crippen molar-refractivity contribution in [2.45, 2.75) is 38.3 Å². The lowest BCUT2D eigenvalue weighted by Crippen LogP contribution is -2.54. The minimum atomic E-state index is -6.07. The van der Waals surface area contributed by atoms with Crippen molar-refractivity contribution in [3.63, 3.8) is 0 Å². The van der Waals surface area contributed by atoms with Gasteiger partial charge < -0.3 is 4.74 Å². The maximum absolute atomic E-state index is 13.2. The van der Waals surface area contributed by atoms with Crippen molar-refractivity contribution in [3.8, 4) is 0 Å². The van der Waals surface area contributed by atoms with E-state index >= 15 is 0 Å². The van der Waals surface area contributed by atoms with Crippen molar-refractivity contribution < 1.29 is 40.3 Å². The summed E-state index contributed by atoms with van der Waals surface area (Å²) in [5, 5.41) is 0. The molecule has 0 aliphatic heterocycles. The van der Waals surface area contributed by atoms with E-state index in [2.05, 4.69) is 4.74 Å². The highest BCUT2D eigenvalue weighted by Crippen LogP contribution is 2.49. The van der Waals surface area contributed by atoms with E-state index in [1.807, 2.05) is 0 Å². The van der Waals surface area contributed by atoms with Gasteiger partial charge >= 0.3 is 18.3 Å². The Morgan fingerprint density at radius 1 is 1.06 bits per heavy atom. The molecule has 1 atom stereocenters. The molecule has 0 rings (SSSR count). The summed E-state index contributed by atoms with van der Waals surface area (Å²) in [5.74, 6) is -2.30. The lowest BCUT2D eigenvalue weighted by atomic mass is 9.92. The van der Waals surface area contributed by atoms with Crippen LogP contribution < -0.4 is 0 Å². The maximum atomic E-state index is 13.2. The van der Waals surface area contributed by atoms with Gasteiger partial charge in [-0.15, -0.1) is 0 Å². The SMILES string of the molecule is CC(=O)OCC(C)CC(F)(C(F)(F)F)C(F)(F)F. The van der Waals surface area contributed by atoms with E-state index in [9.17, 15) is 35.5 Å². The molecule has 0 saturated heterocycles. The van der Waals surface area contributed by atoms with Crippen molar-refractivity contribution in [1.29, 1.82) is 0 Å². The first kappa shape index (κ1) is 17.0. The van der Waals surface area contributed by atoms with Crippen molar-refractivity contribution in [2.24, 2.45) is 5.92 Å². The summed E-state index contributed by atoms with van der Waals surface area (Å²) < 4.78 is 90.4. The van der Waals surface area contributed by atoms with Gasteiger partial charge in [-0.1, -0.05) is 6.92 Å². The fourth-order valence-corrected chi connectivity index (χ4v) is 1.19. The van der Waals surface area contributed by atoms with Crippen LogP contribution in [0.2, 0.25) is 0 Å². The molecule has 108 valence electrons. The van der Waals surface area contributed by atoms with Gasteiger partial charge in [0.2, 0.25) is 0 Å². The molecular formula is C9H11F7O2. The average molecular weight is 284 g/mol. The molecule has 0 heterocycles. The zero-order valence-electron chi connectivity index (χ0n) is 9.45. The van der Waals surface area contributed by atoms with E-state index in [4.69, 9.17) is 0 Å². The van der Waals surface area contributed by atoms with Crippen LogP contribution in [0.15, 0.2) is 0 Å². The summed E-state index contributed by atoms with van der Waals surface area (Å²) in [5.41, 5.74) is -5.31. The monoisotopic (exact) mass is 284 g/mol. The summed E-state index contributed by atoms with van der Waals surface area (Å²) in [7, 11) is 0. The quantitative estimate of drug-likeness (QED) is 0.584. The lowest BCUT2D eigenvalue weighted by Gasteiger charge is -2.31. The number of ether oxygens (including phenoxy) is 1. The normalized spacial score (nSPS) is 15.4. The molecule has 0 amide bonds. The van der Waals surface area contributed by atoms with Crippen molar-refractivity contribution >= 4 is 5.97 Å². The number of alkyl halides is 7. The van der Waals surface area contributed by atoms with Crippen LogP contribution in [0.1, 0.15) is 20.3 Å². The maximum Gasteiger partial charge on any atom is 0.431 e. The van der Waals surface area contributed by atoms with Gasteiger partial charge in [0.15, 0.2) is 0 Å². The van der Waals surface area contributed by atoms with E-state index in [0.717, 1.165) is 13.8 Å². The molecule has 2 nitrogen and oxygen atoms in total. The number of esters is 1. The van der Waals surface area contributed by atoms with Gasteiger partial charge in [-0.25, -0.2) is 4.39 Å². The van der Waals surface area contributed by atoms with Crippen molar-refractivity contribution in [2.75, 3.05) is 6.61 Å². The van der Waals surface area contributed by atoms with Crippen LogP contribution in [0.3, 0.4) is 0 Å². The van der Waals surface area contributed by atoms with Gasteiger partial charge in [-0.3, -0.25) is 4.79 Å². The second-order valence-electron chi connectivity index (χ2n) is 3.91. The van der Waals surface area contributed by atoms with Crippen LogP contribution in [0.4, 0.5) is 30.7 Å². The van der Waals surface area contributed by atoms with Crippen molar-refractivity contribution in [3.05, 3.63) is 0 Å². The van der Waals surface area contributed by atoms with Gasteiger partial charge in [0.25, 0.3) is 5.67 Å². The molecule has 0 aliphatic rings. The number of hydrogen-bond donors (Lipinski definition) is 0. The minimum Gasteiger partial charge on any atom is -0.466 e. The lowest BCUT2D eigenvalue weighted by molar-refractivity contribution is -0.346. The Kier molecular flexibility index (Phi) is 5.01.